The van der Waals surface area contributed by atoms with Gasteiger partial charge >= 0.3 is 0 Å². The van der Waals surface area contributed by atoms with Crippen LogP contribution in [0.1, 0.15) is 23.1 Å². The van der Waals surface area contributed by atoms with E-state index in [1.165, 1.54) is 5.56 Å². The first-order valence-corrected chi connectivity index (χ1v) is 6.68. The highest BCUT2D eigenvalue weighted by Crippen LogP contribution is 2.11. The van der Waals surface area contributed by atoms with Gasteiger partial charge in [-0.1, -0.05) is 30.0 Å². The van der Waals surface area contributed by atoms with Crippen molar-refractivity contribution in [1.29, 1.82) is 0 Å². The van der Waals surface area contributed by atoms with E-state index in [1.807, 2.05) is 30.3 Å². The van der Waals surface area contributed by atoms with Crippen LogP contribution in [0.15, 0.2) is 61.2 Å². The second-order valence-electron chi connectivity index (χ2n) is 4.50. The number of allylic oxidation sites excluding steroid dienone is 1. The number of methoxy groups -OCH3 is 1. The highest BCUT2D eigenvalue weighted by atomic mass is 16.5. The highest BCUT2D eigenvalue weighted by Gasteiger charge is 1.92. The van der Waals surface area contributed by atoms with Crippen molar-refractivity contribution < 1.29 is 4.74 Å². The van der Waals surface area contributed by atoms with E-state index in [9.17, 15) is 0 Å². The van der Waals surface area contributed by atoms with Gasteiger partial charge in [0.15, 0.2) is 0 Å². The Morgan fingerprint density at radius 2 is 1.50 bits per heavy atom. The lowest BCUT2D eigenvalue weighted by molar-refractivity contribution is 0.415. The molecule has 0 aliphatic rings. The van der Waals surface area contributed by atoms with Gasteiger partial charge in [0.25, 0.3) is 0 Å². The van der Waals surface area contributed by atoms with Gasteiger partial charge in [0.05, 0.1) is 7.11 Å². The molecule has 0 N–H and O–H groups in total. The number of hydrogen-bond acceptors (Lipinski definition) is 1. The Balaban J connectivity index is 2.05. The summed E-state index contributed by atoms with van der Waals surface area (Å²) in [5, 5.41) is 0. The maximum Gasteiger partial charge on any atom is 0.118 e. The topological polar surface area (TPSA) is 9.23 Å². The molecule has 2 aromatic rings. The van der Waals surface area contributed by atoms with E-state index in [4.69, 9.17) is 4.74 Å². The van der Waals surface area contributed by atoms with Gasteiger partial charge in [0.1, 0.15) is 5.75 Å². The van der Waals surface area contributed by atoms with Crippen LogP contribution in [-0.4, -0.2) is 7.11 Å². The van der Waals surface area contributed by atoms with Gasteiger partial charge in [-0.15, -0.1) is 6.58 Å². The molecule has 1 heteroatoms. The van der Waals surface area contributed by atoms with Gasteiger partial charge in [-0.05, 0) is 54.8 Å². The van der Waals surface area contributed by atoms with Gasteiger partial charge < -0.3 is 4.74 Å². The Kier molecular flexibility index (Phi) is 5.03. The van der Waals surface area contributed by atoms with E-state index in [1.54, 1.807) is 7.11 Å². The summed E-state index contributed by atoms with van der Waals surface area (Å²) in [4.78, 5) is 0. The van der Waals surface area contributed by atoms with Crippen molar-refractivity contribution in [2.24, 2.45) is 0 Å². The number of hydrogen-bond donors (Lipinski definition) is 0. The molecule has 0 aliphatic heterocycles. The predicted molar refractivity (Wildman–Crippen MR) is 83.9 cm³/mol. The van der Waals surface area contributed by atoms with E-state index in [0.717, 1.165) is 29.7 Å². The first-order valence-electron chi connectivity index (χ1n) is 6.68. The van der Waals surface area contributed by atoms with Crippen molar-refractivity contribution in [2.75, 3.05) is 7.11 Å². The van der Waals surface area contributed by atoms with Crippen LogP contribution in [0.5, 0.6) is 5.75 Å². The Hall–Kier alpha value is -2.46. The lowest BCUT2D eigenvalue weighted by atomic mass is 10.1. The van der Waals surface area contributed by atoms with Gasteiger partial charge in [-0.25, -0.2) is 0 Å². The van der Waals surface area contributed by atoms with Crippen LogP contribution >= 0.6 is 0 Å². The molecule has 1 nitrogen and oxygen atoms in total. The molecule has 0 fully saturated rings. The van der Waals surface area contributed by atoms with E-state index < -0.39 is 0 Å². The Morgan fingerprint density at radius 3 is 2.00 bits per heavy atom. The first kappa shape index (κ1) is 14.0. The fourth-order valence-corrected chi connectivity index (χ4v) is 1.84. The van der Waals surface area contributed by atoms with E-state index in [0.29, 0.717) is 0 Å². The molecule has 0 bridgehead atoms. The second kappa shape index (κ2) is 7.21. The Bertz CT molecular complexity index is 610. The van der Waals surface area contributed by atoms with E-state index in [-0.39, 0.29) is 0 Å². The van der Waals surface area contributed by atoms with Gasteiger partial charge in [-0.2, -0.15) is 0 Å². The fraction of sp³-hybridized carbons (Fsp3) is 0.158. The van der Waals surface area contributed by atoms with Crippen molar-refractivity contribution in [2.45, 2.75) is 12.8 Å². The Labute approximate surface area is 120 Å². The summed E-state index contributed by atoms with van der Waals surface area (Å²) in [7, 11) is 1.66. The van der Waals surface area contributed by atoms with Crippen molar-refractivity contribution in [3.05, 3.63) is 77.9 Å². The zero-order valence-corrected chi connectivity index (χ0v) is 11.7. The molecule has 0 unspecified atom stereocenters. The number of rotatable bonds is 4. The summed E-state index contributed by atoms with van der Waals surface area (Å²) in [6.07, 6.45) is 3.99. The first-order chi connectivity index (χ1) is 9.81. The van der Waals surface area contributed by atoms with E-state index >= 15 is 0 Å². The second-order valence-corrected chi connectivity index (χ2v) is 4.50. The maximum absolute atomic E-state index is 5.12. The van der Waals surface area contributed by atoms with Crippen LogP contribution in [0.25, 0.3) is 0 Å². The van der Waals surface area contributed by atoms with E-state index in [2.05, 4.69) is 42.7 Å². The minimum absolute atomic E-state index is 0.849. The summed E-state index contributed by atoms with van der Waals surface area (Å²) in [5.74, 6) is 7.17. The van der Waals surface area contributed by atoms with Crippen LogP contribution < -0.4 is 4.74 Å². The maximum atomic E-state index is 5.12. The van der Waals surface area contributed by atoms with Gasteiger partial charge in [0.2, 0.25) is 0 Å². The monoisotopic (exact) mass is 262 g/mol. The molecule has 0 spiro atoms. The molecule has 100 valence electrons. The van der Waals surface area contributed by atoms with Crippen molar-refractivity contribution in [3.8, 4) is 17.6 Å². The minimum atomic E-state index is 0.849. The van der Waals surface area contributed by atoms with Crippen molar-refractivity contribution in [3.63, 3.8) is 0 Å². The standard InChI is InChI=1S/C19H18O/c1-3-4-5-16-6-8-17(9-7-16)10-11-18-12-14-19(20-2)15-13-18/h3,6-9,12-15H,1,4-5H2,2H3. The lowest BCUT2D eigenvalue weighted by Crippen LogP contribution is -1.84. The highest BCUT2D eigenvalue weighted by molar-refractivity contribution is 5.44. The molecule has 0 atom stereocenters. The molecule has 0 heterocycles. The van der Waals surface area contributed by atoms with Gasteiger partial charge in [0, 0.05) is 11.1 Å². The smallest absolute Gasteiger partial charge is 0.118 e. The van der Waals surface area contributed by atoms with Crippen LogP contribution in [0.4, 0.5) is 0 Å². The molecule has 0 radical (unpaired) electrons. The number of ether oxygens (including phenoxy) is 1. The minimum Gasteiger partial charge on any atom is -0.497 e. The quantitative estimate of drug-likeness (QED) is 0.592. The summed E-state index contributed by atoms with van der Waals surface area (Å²) < 4.78 is 5.12. The molecule has 2 rings (SSSR count). The van der Waals surface area contributed by atoms with Crippen molar-refractivity contribution in [1.82, 2.24) is 0 Å². The summed E-state index contributed by atoms with van der Waals surface area (Å²) in [6.45, 7) is 3.74. The van der Waals surface area contributed by atoms with Crippen LogP contribution in [-0.2, 0) is 6.42 Å². The Morgan fingerprint density at radius 1 is 0.950 bits per heavy atom. The molecule has 0 aromatic heterocycles. The lowest BCUT2D eigenvalue weighted by Gasteiger charge is -1.99. The zero-order valence-electron chi connectivity index (χ0n) is 11.7. The normalized spacial score (nSPS) is 9.45. The van der Waals surface area contributed by atoms with Crippen LogP contribution in [0.2, 0.25) is 0 Å². The summed E-state index contributed by atoms with van der Waals surface area (Å²) in [5.41, 5.74) is 3.34. The third kappa shape index (κ3) is 4.03. The number of aryl methyl sites for hydroxylation is 1. The van der Waals surface area contributed by atoms with Gasteiger partial charge in [-0.3, -0.25) is 0 Å². The third-order valence-electron chi connectivity index (χ3n) is 3.03. The largest absolute Gasteiger partial charge is 0.497 e. The molecule has 2 aromatic carbocycles. The SMILES string of the molecule is C=CCCc1ccc(C#Cc2ccc(OC)cc2)cc1. The van der Waals surface area contributed by atoms with Crippen LogP contribution in [0, 0.1) is 11.8 Å². The third-order valence-corrected chi connectivity index (χ3v) is 3.03. The summed E-state index contributed by atoms with van der Waals surface area (Å²) >= 11 is 0. The predicted octanol–water partition coefficient (Wildman–Crippen LogP) is 4.21. The van der Waals surface area contributed by atoms with Crippen LogP contribution in [0.3, 0.4) is 0 Å². The summed E-state index contributed by atoms with van der Waals surface area (Å²) in [6, 6.07) is 16.1. The molecular weight excluding hydrogens is 244 g/mol. The number of benzene rings is 2. The molecule has 20 heavy (non-hydrogen) atoms. The zero-order chi connectivity index (χ0) is 14.2. The average molecular weight is 262 g/mol. The van der Waals surface area contributed by atoms with Crippen molar-refractivity contribution >= 4 is 0 Å². The molecule has 0 aliphatic carbocycles. The molecule has 0 saturated heterocycles. The fourth-order valence-electron chi connectivity index (χ4n) is 1.84. The molecule has 0 amide bonds. The molecular formula is C19H18O. The average Bonchev–Trinajstić information content (AvgIpc) is 2.52. The molecule has 0 saturated carbocycles.